The Kier molecular flexibility index (Phi) is 5.17. The van der Waals surface area contributed by atoms with Gasteiger partial charge in [-0.2, -0.15) is 8.78 Å². The van der Waals surface area contributed by atoms with Gasteiger partial charge in [-0.25, -0.2) is 0 Å². The molecule has 0 heterocycles. The summed E-state index contributed by atoms with van der Waals surface area (Å²) in [6, 6.07) is 0. The van der Waals surface area contributed by atoms with Gasteiger partial charge in [0.2, 0.25) is 0 Å². The Labute approximate surface area is 80.2 Å². The standard InChI is InChI=1S/C7H12ClF2NO2/c1-13-6(12)2-5(4-11)3-7(8,9)10/h5H,2-4,11H2,1H3. The van der Waals surface area contributed by atoms with E-state index in [-0.39, 0.29) is 13.0 Å². The van der Waals surface area contributed by atoms with Gasteiger partial charge in [0.25, 0.3) is 0 Å². The molecule has 6 heteroatoms. The molecule has 0 aromatic heterocycles. The van der Waals surface area contributed by atoms with Gasteiger partial charge in [-0.05, 0) is 24.1 Å². The Balaban J connectivity index is 3.97. The van der Waals surface area contributed by atoms with Crippen LogP contribution in [0.1, 0.15) is 12.8 Å². The largest absolute Gasteiger partial charge is 0.469 e. The van der Waals surface area contributed by atoms with Gasteiger partial charge in [0.05, 0.1) is 7.11 Å². The monoisotopic (exact) mass is 215 g/mol. The van der Waals surface area contributed by atoms with Crippen molar-refractivity contribution in [2.24, 2.45) is 11.7 Å². The lowest BCUT2D eigenvalue weighted by molar-refractivity contribution is -0.142. The van der Waals surface area contributed by atoms with Gasteiger partial charge in [-0.3, -0.25) is 4.79 Å². The molecule has 0 saturated carbocycles. The first-order chi connectivity index (χ1) is 5.89. The van der Waals surface area contributed by atoms with Crippen LogP contribution in [0.25, 0.3) is 0 Å². The lowest BCUT2D eigenvalue weighted by Gasteiger charge is -2.16. The van der Waals surface area contributed by atoms with E-state index in [1.54, 1.807) is 0 Å². The Bertz CT molecular complexity index is 172. The third-order valence-electron chi connectivity index (χ3n) is 1.54. The molecule has 3 nitrogen and oxygen atoms in total. The second kappa shape index (κ2) is 5.34. The number of halogens is 3. The fourth-order valence-corrected chi connectivity index (χ4v) is 1.10. The van der Waals surface area contributed by atoms with Gasteiger partial charge in [-0.15, -0.1) is 0 Å². The highest BCUT2D eigenvalue weighted by Crippen LogP contribution is 2.28. The van der Waals surface area contributed by atoms with Crippen LogP contribution >= 0.6 is 11.6 Å². The third-order valence-corrected chi connectivity index (χ3v) is 1.69. The van der Waals surface area contributed by atoms with Crippen LogP contribution in [-0.4, -0.2) is 25.0 Å². The van der Waals surface area contributed by atoms with E-state index in [0.717, 1.165) is 0 Å². The smallest absolute Gasteiger partial charge is 0.322 e. The molecule has 1 unspecified atom stereocenters. The first-order valence-corrected chi connectivity index (χ1v) is 4.10. The van der Waals surface area contributed by atoms with Crippen LogP contribution in [0.2, 0.25) is 0 Å². The number of ether oxygens (including phenoxy) is 1. The Morgan fingerprint density at radius 3 is 2.54 bits per heavy atom. The molecule has 78 valence electrons. The molecule has 0 aliphatic rings. The zero-order chi connectivity index (χ0) is 10.5. The molecular formula is C7H12ClF2NO2. The third kappa shape index (κ3) is 6.72. The van der Waals surface area contributed by atoms with Crippen molar-refractivity contribution in [1.82, 2.24) is 0 Å². The van der Waals surface area contributed by atoms with Gasteiger partial charge >= 0.3 is 11.4 Å². The number of hydrogen-bond acceptors (Lipinski definition) is 3. The molecule has 0 amide bonds. The summed E-state index contributed by atoms with van der Waals surface area (Å²) in [4.78, 5) is 10.7. The molecular weight excluding hydrogens is 204 g/mol. The van der Waals surface area contributed by atoms with E-state index in [1.165, 1.54) is 7.11 Å². The van der Waals surface area contributed by atoms with Crippen molar-refractivity contribution in [1.29, 1.82) is 0 Å². The number of alkyl halides is 3. The quantitative estimate of drug-likeness (QED) is 0.556. The molecule has 0 aliphatic carbocycles. The molecule has 0 bridgehead atoms. The average molecular weight is 216 g/mol. The van der Waals surface area contributed by atoms with E-state index in [9.17, 15) is 13.6 Å². The van der Waals surface area contributed by atoms with E-state index < -0.39 is 23.7 Å². The number of carbonyl (C=O) groups is 1. The summed E-state index contributed by atoms with van der Waals surface area (Å²) in [6.45, 7) is -0.0165. The van der Waals surface area contributed by atoms with Crippen LogP contribution in [0.5, 0.6) is 0 Å². The van der Waals surface area contributed by atoms with E-state index in [0.29, 0.717) is 0 Å². The van der Waals surface area contributed by atoms with Crippen LogP contribution < -0.4 is 5.73 Å². The summed E-state index contributed by atoms with van der Waals surface area (Å²) in [5.41, 5.74) is 5.18. The Hall–Kier alpha value is -0.420. The van der Waals surface area contributed by atoms with Crippen molar-refractivity contribution >= 4 is 17.6 Å². The zero-order valence-electron chi connectivity index (χ0n) is 7.23. The highest BCUT2D eigenvalue weighted by molar-refractivity contribution is 6.21. The predicted octanol–water partition coefficient (Wildman–Crippen LogP) is 1.35. The maximum Gasteiger partial charge on any atom is 0.322 e. The topological polar surface area (TPSA) is 52.3 Å². The van der Waals surface area contributed by atoms with Gasteiger partial charge in [0.15, 0.2) is 0 Å². The molecule has 0 saturated heterocycles. The first-order valence-electron chi connectivity index (χ1n) is 3.72. The molecule has 0 rings (SSSR count). The van der Waals surface area contributed by atoms with Gasteiger partial charge in [-0.1, -0.05) is 0 Å². The second-order valence-electron chi connectivity index (χ2n) is 2.70. The number of hydrogen-bond donors (Lipinski definition) is 1. The first kappa shape index (κ1) is 12.6. The zero-order valence-corrected chi connectivity index (χ0v) is 7.98. The predicted molar refractivity (Wildman–Crippen MR) is 44.6 cm³/mol. The van der Waals surface area contributed by atoms with Crippen LogP contribution in [0.3, 0.4) is 0 Å². The van der Waals surface area contributed by atoms with Crippen LogP contribution in [0.15, 0.2) is 0 Å². The molecule has 0 spiro atoms. The summed E-state index contributed by atoms with van der Waals surface area (Å²) < 4.78 is 28.9. The summed E-state index contributed by atoms with van der Waals surface area (Å²) in [6.07, 6.45) is -0.741. The summed E-state index contributed by atoms with van der Waals surface area (Å²) in [5, 5.41) is -3.31. The fourth-order valence-electron chi connectivity index (χ4n) is 0.885. The van der Waals surface area contributed by atoms with E-state index in [2.05, 4.69) is 4.74 Å². The summed E-state index contributed by atoms with van der Waals surface area (Å²) >= 11 is 4.69. The number of nitrogens with two attached hydrogens (primary N) is 1. The van der Waals surface area contributed by atoms with Gasteiger partial charge in [0.1, 0.15) is 0 Å². The van der Waals surface area contributed by atoms with Crippen molar-refractivity contribution in [3.05, 3.63) is 0 Å². The van der Waals surface area contributed by atoms with Crippen molar-refractivity contribution in [3.63, 3.8) is 0 Å². The van der Waals surface area contributed by atoms with Gasteiger partial charge < -0.3 is 10.5 Å². The lowest BCUT2D eigenvalue weighted by Crippen LogP contribution is -2.24. The molecule has 0 aromatic rings. The number of methoxy groups -OCH3 is 1. The van der Waals surface area contributed by atoms with Crippen molar-refractivity contribution in [2.45, 2.75) is 18.2 Å². The number of esters is 1. The van der Waals surface area contributed by atoms with Crippen LogP contribution in [-0.2, 0) is 9.53 Å². The van der Waals surface area contributed by atoms with Crippen molar-refractivity contribution in [2.75, 3.05) is 13.7 Å². The minimum absolute atomic E-state index is 0.0165. The van der Waals surface area contributed by atoms with Crippen molar-refractivity contribution in [3.8, 4) is 0 Å². The lowest BCUT2D eigenvalue weighted by atomic mass is 10.0. The molecule has 0 aliphatic heterocycles. The summed E-state index contributed by atoms with van der Waals surface area (Å²) in [5.74, 6) is -1.20. The van der Waals surface area contributed by atoms with Crippen molar-refractivity contribution < 1.29 is 18.3 Å². The SMILES string of the molecule is COC(=O)CC(CN)CC(F)(F)Cl. The Morgan fingerprint density at radius 2 is 2.23 bits per heavy atom. The molecule has 0 aromatic carbocycles. The number of carbonyl (C=O) groups excluding carboxylic acids is 1. The molecule has 13 heavy (non-hydrogen) atoms. The maximum absolute atomic E-state index is 12.3. The fraction of sp³-hybridized carbons (Fsp3) is 0.857. The van der Waals surface area contributed by atoms with E-state index in [4.69, 9.17) is 17.3 Å². The number of rotatable bonds is 5. The Morgan fingerprint density at radius 1 is 1.69 bits per heavy atom. The molecule has 0 fully saturated rings. The molecule has 1 atom stereocenters. The molecule has 0 radical (unpaired) electrons. The van der Waals surface area contributed by atoms with E-state index in [1.807, 2.05) is 0 Å². The average Bonchev–Trinajstić information content (AvgIpc) is 2.00. The normalized spacial score (nSPS) is 13.9. The highest BCUT2D eigenvalue weighted by atomic mass is 35.5. The minimum Gasteiger partial charge on any atom is -0.469 e. The molecule has 2 N–H and O–H groups in total. The van der Waals surface area contributed by atoms with E-state index >= 15 is 0 Å². The highest BCUT2D eigenvalue weighted by Gasteiger charge is 2.30. The van der Waals surface area contributed by atoms with Crippen LogP contribution in [0.4, 0.5) is 8.78 Å². The van der Waals surface area contributed by atoms with Gasteiger partial charge in [0, 0.05) is 12.8 Å². The minimum atomic E-state index is -3.31. The maximum atomic E-state index is 12.3. The summed E-state index contributed by atoms with van der Waals surface area (Å²) in [7, 11) is 1.19. The second-order valence-corrected chi connectivity index (χ2v) is 3.25. The van der Waals surface area contributed by atoms with Crippen LogP contribution in [0, 0.1) is 5.92 Å².